The van der Waals surface area contributed by atoms with E-state index in [1.165, 1.54) is 0 Å². The molecular weight excluding hydrogens is 320 g/mol. The van der Waals surface area contributed by atoms with Gasteiger partial charge < -0.3 is 15.2 Å². The van der Waals surface area contributed by atoms with Crippen LogP contribution in [0.15, 0.2) is 48.5 Å². The molecule has 0 fully saturated rings. The van der Waals surface area contributed by atoms with E-state index in [0.29, 0.717) is 35.2 Å². The summed E-state index contributed by atoms with van der Waals surface area (Å²) in [7, 11) is 0. The second-order valence-corrected chi connectivity index (χ2v) is 4.90. The van der Waals surface area contributed by atoms with E-state index in [0.717, 1.165) is 0 Å². The van der Waals surface area contributed by atoms with Gasteiger partial charge >= 0.3 is 6.09 Å². The molecule has 0 unspecified atom stereocenters. The number of anilines is 2. The summed E-state index contributed by atoms with van der Waals surface area (Å²) in [6.45, 7) is 0.366. The van der Waals surface area contributed by atoms with Crippen LogP contribution in [0.2, 0.25) is 0 Å². The van der Waals surface area contributed by atoms with Crippen LogP contribution < -0.4 is 15.4 Å². The van der Waals surface area contributed by atoms with Crippen molar-refractivity contribution >= 4 is 35.0 Å². The molecule has 0 heterocycles. The first kappa shape index (κ1) is 16.6. The molecule has 120 valence electrons. The van der Waals surface area contributed by atoms with Gasteiger partial charge in [0.05, 0.1) is 5.88 Å². The second-order valence-electron chi connectivity index (χ2n) is 4.53. The minimum atomic E-state index is -1.14. The van der Waals surface area contributed by atoms with E-state index in [-0.39, 0.29) is 5.91 Å². The molecule has 0 radical (unpaired) electrons. The molecule has 0 saturated carbocycles. The van der Waals surface area contributed by atoms with Crippen molar-refractivity contribution in [3.63, 3.8) is 0 Å². The highest BCUT2D eigenvalue weighted by atomic mass is 35.5. The minimum absolute atomic E-state index is 0.291. The molecule has 0 bridgehead atoms. The van der Waals surface area contributed by atoms with Gasteiger partial charge in [0, 0.05) is 16.9 Å². The van der Waals surface area contributed by atoms with Gasteiger partial charge in [-0.3, -0.25) is 10.1 Å². The fraction of sp³-hybridized carbons (Fsp3) is 0.125. The lowest BCUT2D eigenvalue weighted by molar-refractivity contribution is 0.102. The number of hydrogen-bond acceptors (Lipinski definition) is 3. The van der Waals surface area contributed by atoms with Gasteiger partial charge in [0.15, 0.2) is 0 Å². The Labute approximate surface area is 138 Å². The summed E-state index contributed by atoms with van der Waals surface area (Å²) >= 11 is 5.56. The number of carbonyl (C=O) groups is 2. The van der Waals surface area contributed by atoms with Crippen LogP contribution in [0.5, 0.6) is 5.75 Å². The molecule has 2 rings (SSSR count). The van der Waals surface area contributed by atoms with Crippen LogP contribution in [0.25, 0.3) is 0 Å². The van der Waals surface area contributed by atoms with Crippen molar-refractivity contribution in [1.82, 2.24) is 0 Å². The zero-order valence-electron chi connectivity index (χ0n) is 12.1. The predicted octanol–water partition coefficient (Wildman–Crippen LogP) is 3.65. The molecule has 7 heteroatoms. The lowest BCUT2D eigenvalue weighted by Gasteiger charge is -2.08. The Morgan fingerprint density at radius 1 is 1.04 bits per heavy atom. The van der Waals surface area contributed by atoms with Gasteiger partial charge in [-0.05, 0) is 42.5 Å². The van der Waals surface area contributed by atoms with Crippen molar-refractivity contribution in [3.05, 3.63) is 54.1 Å². The van der Waals surface area contributed by atoms with Gasteiger partial charge in [0.2, 0.25) is 0 Å². The lowest BCUT2D eigenvalue weighted by Crippen LogP contribution is -2.12. The van der Waals surface area contributed by atoms with Crippen LogP contribution >= 0.6 is 11.6 Å². The first-order chi connectivity index (χ1) is 11.1. The topological polar surface area (TPSA) is 87.7 Å². The average Bonchev–Trinajstić information content (AvgIpc) is 2.54. The maximum absolute atomic E-state index is 12.2. The van der Waals surface area contributed by atoms with Gasteiger partial charge in [0.1, 0.15) is 12.4 Å². The average molecular weight is 335 g/mol. The fourth-order valence-corrected chi connectivity index (χ4v) is 1.92. The largest absolute Gasteiger partial charge is 0.492 e. The van der Waals surface area contributed by atoms with Crippen molar-refractivity contribution < 1.29 is 19.4 Å². The number of rotatable bonds is 6. The molecule has 0 aliphatic carbocycles. The van der Waals surface area contributed by atoms with E-state index < -0.39 is 6.09 Å². The molecule has 0 aromatic heterocycles. The Balaban J connectivity index is 2.02. The number of benzene rings is 2. The third kappa shape index (κ3) is 5.19. The second kappa shape index (κ2) is 8.05. The van der Waals surface area contributed by atoms with Crippen LogP contribution in [-0.4, -0.2) is 29.6 Å². The van der Waals surface area contributed by atoms with Crippen LogP contribution in [-0.2, 0) is 0 Å². The number of nitrogens with one attached hydrogen (secondary N) is 2. The van der Waals surface area contributed by atoms with E-state index in [9.17, 15) is 9.59 Å². The van der Waals surface area contributed by atoms with Gasteiger partial charge in [-0.1, -0.05) is 6.07 Å². The number of alkyl halides is 1. The summed E-state index contributed by atoms with van der Waals surface area (Å²) in [5.74, 6) is 0.646. The first-order valence-electron chi connectivity index (χ1n) is 6.78. The molecule has 0 saturated heterocycles. The molecule has 0 aliphatic heterocycles. The Morgan fingerprint density at radius 2 is 1.70 bits per heavy atom. The highest BCUT2D eigenvalue weighted by Gasteiger charge is 2.08. The van der Waals surface area contributed by atoms with Crippen molar-refractivity contribution in [2.45, 2.75) is 0 Å². The summed E-state index contributed by atoms with van der Waals surface area (Å²) in [6, 6.07) is 13.1. The molecule has 2 amide bonds. The molecular formula is C16H15ClN2O4. The summed E-state index contributed by atoms with van der Waals surface area (Å²) in [5, 5.41) is 13.6. The molecule has 23 heavy (non-hydrogen) atoms. The van der Waals surface area contributed by atoms with E-state index in [4.69, 9.17) is 21.4 Å². The van der Waals surface area contributed by atoms with Crippen molar-refractivity contribution in [2.75, 3.05) is 23.1 Å². The summed E-state index contributed by atoms with van der Waals surface area (Å²) in [6.07, 6.45) is -1.14. The SMILES string of the molecule is O=C(O)Nc1ccc(NC(=O)c2cccc(OCCCl)c2)cc1. The van der Waals surface area contributed by atoms with Gasteiger partial charge in [-0.25, -0.2) is 4.79 Å². The standard InChI is InChI=1S/C16H15ClN2O4/c17-8-9-23-14-3-1-2-11(10-14)15(20)18-12-4-6-13(7-5-12)19-16(21)22/h1-7,10,19H,8-9H2,(H,18,20)(H,21,22). The first-order valence-corrected chi connectivity index (χ1v) is 7.32. The number of ether oxygens (including phenoxy) is 1. The van der Waals surface area contributed by atoms with Crippen LogP contribution in [0.3, 0.4) is 0 Å². The maximum atomic E-state index is 12.2. The summed E-state index contributed by atoms with van der Waals surface area (Å²) in [4.78, 5) is 22.7. The van der Waals surface area contributed by atoms with Crippen molar-refractivity contribution in [1.29, 1.82) is 0 Å². The summed E-state index contributed by atoms with van der Waals surface area (Å²) < 4.78 is 5.37. The van der Waals surface area contributed by atoms with Crippen molar-refractivity contribution in [2.24, 2.45) is 0 Å². The number of carboxylic acid groups (broad SMARTS) is 1. The molecule has 3 N–H and O–H groups in total. The zero-order chi connectivity index (χ0) is 16.7. The maximum Gasteiger partial charge on any atom is 0.409 e. The number of amides is 2. The van der Waals surface area contributed by atoms with Crippen LogP contribution in [0, 0.1) is 0 Å². The number of halogens is 1. The van der Waals surface area contributed by atoms with Crippen molar-refractivity contribution in [3.8, 4) is 5.75 Å². The van der Waals surface area contributed by atoms with Crippen LogP contribution in [0.4, 0.5) is 16.2 Å². The normalized spacial score (nSPS) is 9.96. The molecule has 0 spiro atoms. The third-order valence-corrected chi connectivity index (χ3v) is 2.99. The molecule has 2 aromatic carbocycles. The Kier molecular flexibility index (Phi) is 5.82. The monoisotopic (exact) mass is 334 g/mol. The molecule has 6 nitrogen and oxygen atoms in total. The fourth-order valence-electron chi connectivity index (χ4n) is 1.85. The number of carbonyl (C=O) groups excluding carboxylic acids is 1. The Bertz CT molecular complexity index is 689. The highest BCUT2D eigenvalue weighted by molar-refractivity contribution is 6.18. The van der Waals surface area contributed by atoms with Gasteiger partial charge in [-0.2, -0.15) is 0 Å². The third-order valence-electron chi connectivity index (χ3n) is 2.84. The smallest absolute Gasteiger partial charge is 0.409 e. The number of hydrogen-bond donors (Lipinski definition) is 3. The van der Waals surface area contributed by atoms with E-state index in [1.807, 2.05) is 0 Å². The molecule has 0 aliphatic rings. The molecule has 0 atom stereocenters. The van der Waals surface area contributed by atoms with E-state index in [1.54, 1.807) is 48.5 Å². The Morgan fingerprint density at radius 3 is 2.30 bits per heavy atom. The quantitative estimate of drug-likeness (QED) is 0.704. The zero-order valence-corrected chi connectivity index (χ0v) is 12.8. The highest BCUT2D eigenvalue weighted by Crippen LogP contribution is 2.17. The van der Waals surface area contributed by atoms with Gasteiger partial charge in [-0.15, -0.1) is 11.6 Å². The van der Waals surface area contributed by atoms with Crippen LogP contribution in [0.1, 0.15) is 10.4 Å². The van der Waals surface area contributed by atoms with E-state index in [2.05, 4.69) is 10.6 Å². The minimum Gasteiger partial charge on any atom is -0.492 e. The predicted molar refractivity (Wildman–Crippen MR) is 88.7 cm³/mol. The summed E-state index contributed by atoms with van der Waals surface area (Å²) in [5.41, 5.74) is 1.43. The molecule has 2 aromatic rings. The van der Waals surface area contributed by atoms with Gasteiger partial charge in [0.25, 0.3) is 5.91 Å². The lowest BCUT2D eigenvalue weighted by atomic mass is 10.2. The van der Waals surface area contributed by atoms with E-state index >= 15 is 0 Å². The Hall–Kier alpha value is -2.73.